The van der Waals surface area contributed by atoms with E-state index >= 15 is 0 Å². The summed E-state index contributed by atoms with van der Waals surface area (Å²) in [5, 5.41) is 7.76. The zero-order valence-corrected chi connectivity index (χ0v) is 13.7. The highest BCUT2D eigenvalue weighted by atomic mass is 79.9. The van der Waals surface area contributed by atoms with Crippen LogP contribution in [0.4, 0.5) is 11.5 Å². The molecule has 1 fully saturated rings. The molecule has 0 radical (unpaired) electrons. The SMILES string of the molecule is Cc1nc(C)c(Br)c(N2CCN(c3ccnnc3)CC2)n1. The molecule has 0 atom stereocenters. The largest absolute Gasteiger partial charge is 0.367 e. The van der Waals surface area contributed by atoms with Gasteiger partial charge in [0.05, 0.1) is 28.2 Å². The molecule has 110 valence electrons. The molecule has 0 saturated carbocycles. The Balaban J connectivity index is 1.74. The van der Waals surface area contributed by atoms with Crippen molar-refractivity contribution in [2.45, 2.75) is 13.8 Å². The Labute approximate surface area is 132 Å². The summed E-state index contributed by atoms with van der Waals surface area (Å²) in [5.74, 6) is 1.80. The third-order valence-electron chi connectivity index (χ3n) is 3.62. The molecule has 0 aromatic carbocycles. The second-order valence-electron chi connectivity index (χ2n) is 5.07. The predicted octanol–water partition coefficient (Wildman–Crippen LogP) is 1.97. The molecular formula is C14H17BrN6. The minimum atomic E-state index is 0.812. The number of anilines is 2. The van der Waals surface area contributed by atoms with E-state index in [0.29, 0.717) is 0 Å². The van der Waals surface area contributed by atoms with Gasteiger partial charge in [-0.2, -0.15) is 10.2 Å². The molecule has 0 unspecified atom stereocenters. The minimum absolute atomic E-state index is 0.812. The highest BCUT2D eigenvalue weighted by molar-refractivity contribution is 9.10. The van der Waals surface area contributed by atoms with Crippen LogP contribution in [0.3, 0.4) is 0 Å². The van der Waals surface area contributed by atoms with Crippen molar-refractivity contribution >= 4 is 27.4 Å². The molecule has 2 aromatic rings. The molecule has 0 bridgehead atoms. The van der Waals surface area contributed by atoms with Crippen LogP contribution in [0.5, 0.6) is 0 Å². The minimum Gasteiger partial charge on any atom is -0.367 e. The lowest BCUT2D eigenvalue weighted by Gasteiger charge is -2.37. The molecule has 0 amide bonds. The fraction of sp³-hybridized carbons (Fsp3) is 0.429. The summed E-state index contributed by atoms with van der Waals surface area (Å²) in [6, 6.07) is 2.00. The Hall–Kier alpha value is -1.76. The molecule has 1 aliphatic heterocycles. The molecular weight excluding hydrogens is 332 g/mol. The first-order valence-corrected chi connectivity index (χ1v) is 7.72. The van der Waals surface area contributed by atoms with E-state index in [1.54, 1.807) is 6.20 Å². The standard InChI is InChI=1S/C14H17BrN6/c1-10-13(15)14(19-11(2)18-10)21-7-5-20(6-8-21)12-3-4-16-17-9-12/h3-4,9H,5-8H2,1-2H3. The Bertz CT molecular complexity index is 625. The van der Waals surface area contributed by atoms with Gasteiger partial charge in [0.1, 0.15) is 11.6 Å². The second kappa shape index (κ2) is 5.93. The summed E-state index contributed by atoms with van der Waals surface area (Å²) < 4.78 is 0.993. The van der Waals surface area contributed by atoms with Gasteiger partial charge in [0.2, 0.25) is 0 Å². The molecule has 0 N–H and O–H groups in total. The van der Waals surface area contributed by atoms with Gasteiger partial charge in [-0.05, 0) is 35.8 Å². The van der Waals surface area contributed by atoms with E-state index in [4.69, 9.17) is 0 Å². The van der Waals surface area contributed by atoms with Crippen molar-refractivity contribution in [1.29, 1.82) is 0 Å². The van der Waals surface area contributed by atoms with Gasteiger partial charge < -0.3 is 9.80 Å². The van der Waals surface area contributed by atoms with Gasteiger partial charge in [0.25, 0.3) is 0 Å². The number of rotatable bonds is 2. The van der Waals surface area contributed by atoms with Crippen molar-refractivity contribution in [3.8, 4) is 0 Å². The van der Waals surface area contributed by atoms with Crippen LogP contribution < -0.4 is 9.80 Å². The van der Waals surface area contributed by atoms with Gasteiger partial charge >= 0.3 is 0 Å². The Morgan fingerprint density at radius 1 is 1.00 bits per heavy atom. The van der Waals surface area contributed by atoms with Crippen LogP contribution in [0.1, 0.15) is 11.5 Å². The third-order valence-corrected chi connectivity index (χ3v) is 4.55. The van der Waals surface area contributed by atoms with E-state index in [-0.39, 0.29) is 0 Å². The van der Waals surface area contributed by atoms with Crippen molar-refractivity contribution < 1.29 is 0 Å². The van der Waals surface area contributed by atoms with E-state index < -0.39 is 0 Å². The summed E-state index contributed by atoms with van der Waals surface area (Å²) in [7, 11) is 0. The highest BCUT2D eigenvalue weighted by Crippen LogP contribution is 2.27. The number of aryl methyl sites for hydroxylation is 2. The van der Waals surface area contributed by atoms with Crippen LogP contribution in [-0.4, -0.2) is 46.3 Å². The van der Waals surface area contributed by atoms with Gasteiger partial charge in [-0.1, -0.05) is 0 Å². The lowest BCUT2D eigenvalue weighted by Crippen LogP contribution is -2.47. The molecule has 6 nitrogen and oxygen atoms in total. The van der Waals surface area contributed by atoms with E-state index in [0.717, 1.165) is 53.7 Å². The monoisotopic (exact) mass is 348 g/mol. The normalized spacial score (nSPS) is 15.4. The van der Waals surface area contributed by atoms with Crippen molar-refractivity contribution in [2.75, 3.05) is 36.0 Å². The number of aromatic nitrogens is 4. The molecule has 3 rings (SSSR count). The number of nitrogens with zero attached hydrogens (tertiary/aromatic N) is 6. The Morgan fingerprint density at radius 3 is 2.38 bits per heavy atom. The molecule has 0 aliphatic carbocycles. The van der Waals surface area contributed by atoms with Gasteiger partial charge in [0.15, 0.2) is 0 Å². The molecule has 0 spiro atoms. The van der Waals surface area contributed by atoms with Gasteiger partial charge in [0, 0.05) is 26.2 Å². The smallest absolute Gasteiger partial charge is 0.147 e. The summed E-state index contributed by atoms with van der Waals surface area (Å²) in [6.07, 6.45) is 3.54. The fourth-order valence-corrected chi connectivity index (χ4v) is 2.97. The number of piperazine rings is 1. The van der Waals surface area contributed by atoms with Crippen LogP contribution in [0, 0.1) is 13.8 Å². The summed E-state index contributed by atoms with van der Waals surface area (Å²) in [4.78, 5) is 13.6. The quantitative estimate of drug-likeness (QED) is 0.826. The van der Waals surface area contributed by atoms with E-state index in [2.05, 4.69) is 45.9 Å². The van der Waals surface area contributed by atoms with Crippen molar-refractivity contribution in [3.05, 3.63) is 34.5 Å². The first kappa shape index (κ1) is 14.2. The van der Waals surface area contributed by atoms with Crippen LogP contribution in [-0.2, 0) is 0 Å². The zero-order valence-electron chi connectivity index (χ0n) is 12.1. The molecule has 21 heavy (non-hydrogen) atoms. The molecule has 1 saturated heterocycles. The van der Waals surface area contributed by atoms with Crippen LogP contribution in [0.25, 0.3) is 0 Å². The summed E-state index contributed by atoms with van der Waals surface area (Å²) in [6.45, 7) is 7.68. The number of hydrogen-bond donors (Lipinski definition) is 0. The zero-order chi connectivity index (χ0) is 14.8. The molecule has 7 heteroatoms. The first-order chi connectivity index (χ1) is 10.1. The molecule has 2 aromatic heterocycles. The van der Waals surface area contributed by atoms with Crippen molar-refractivity contribution in [2.24, 2.45) is 0 Å². The maximum atomic E-state index is 4.58. The average Bonchev–Trinajstić information content (AvgIpc) is 2.52. The lowest BCUT2D eigenvalue weighted by molar-refractivity contribution is 0.642. The Kier molecular flexibility index (Phi) is 4.01. The topological polar surface area (TPSA) is 58.0 Å². The average molecular weight is 349 g/mol. The number of hydrogen-bond acceptors (Lipinski definition) is 6. The van der Waals surface area contributed by atoms with Crippen LogP contribution >= 0.6 is 15.9 Å². The fourth-order valence-electron chi connectivity index (χ4n) is 2.54. The van der Waals surface area contributed by atoms with E-state index in [1.807, 2.05) is 26.1 Å². The lowest BCUT2D eigenvalue weighted by atomic mass is 10.2. The van der Waals surface area contributed by atoms with E-state index in [9.17, 15) is 0 Å². The summed E-state index contributed by atoms with van der Waals surface area (Å²) in [5.41, 5.74) is 2.11. The molecule has 1 aliphatic rings. The van der Waals surface area contributed by atoms with Gasteiger partial charge in [-0.15, -0.1) is 0 Å². The maximum Gasteiger partial charge on any atom is 0.147 e. The van der Waals surface area contributed by atoms with Crippen LogP contribution in [0.2, 0.25) is 0 Å². The first-order valence-electron chi connectivity index (χ1n) is 6.92. The third kappa shape index (κ3) is 2.97. The second-order valence-corrected chi connectivity index (χ2v) is 5.86. The predicted molar refractivity (Wildman–Crippen MR) is 85.7 cm³/mol. The van der Waals surface area contributed by atoms with E-state index in [1.165, 1.54) is 0 Å². The van der Waals surface area contributed by atoms with Gasteiger partial charge in [-0.3, -0.25) is 0 Å². The van der Waals surface area contributed by atoms with Crippen molar-refractivity contribution in [3.63, 3.8) is 0 Å². The van der Waals surface area contributed by atoms with Crippen molar-refractivity contribution in [1.82, 2.24) is 20.2 Å². The van der Waals surface area contributed by atoms with Gasteiger partial charge in [-0.25, -0.2) is 9.97 Å². The van der Waals surface area contributed by atoms with Crippen LogP contribution in [0.15, 0.2) is 22.9 Å². The molecule has 3 heterocycles. The maximum absolute atomic E-state index is 4.58. The number of halogens is 1. The summed E-state index contributed by atoms with van der Waals surface area (Å²) >= 11 is 3.61. The highest BCUT2D eigenvalue weighted by Gasteiger charge is 2.21. The Morgan fingerprint density at radius 2 is 1.71 bits per heavy atom.